The van der Waals surface area contributed by atoms with Crippen LogP contribution in [0.2, 0.25) is 0 Å². The number of nitro groups is 1. The number of anilines is 1. The Bertz CT molecular complexity index is 1140. The van der Waals surface area contributed by atoms with E-state index in [4.69, 9.17) is 0 Å². The van der Waals surface area contributed by atoms with Crippen LogP contribution in [-0.4, -0.2) is 19.3 Å². The van der Waals surface area contributed by atoms with Crippen LogP contribution in [-0.2, 0) is 0 Å². The molecular formula is C20H15N5O2. The van der Waals surface area contributed by atoms with Crippen molar-refractivity contribution in [3.63, 3.8) is 0 Å². The summed E-state index contributed by atoms with van der Waals surface area (Å²) in [6.07, 6.45) is 3.78. The van der Waals surface area contributed by atoms with Gasteiger partial charge in [-0.1, -0.05) is 12.1 Å². The van der Waals surface area contributed by atoms with Crippen molar-refractivity contribution in [2.45, 2.75) is 6.04 Å². The molecule has 4 aromatic rings. The number of benzene rings is 2. The van der Waals surface area contributed by atoms with Gasteiger partial charge in [-0.3, -0.25) is 10.1 Å². The zero-order chi connectivity index (χ0) is 18.4. The minimum absolute atomic E-state index is 0.0819. The van der Waals surface area contributed by atoms with Gasteiger partial charge in [-0.2, -0.15) is 5.10 Å². The number of rotatable bonds is 2. The maximum Gasteiger partial charge on any atom is 0.269 e. The summed E-state index contributed by atoms with van der Waals surface area (Å²) in [7, 11) is 0. The molecule has 0 bridgehead atoms. The average Bonchev–Trinajstić information content (AvgIpc) is 3.34. The van der Waals surface area contributed by atoms with Crippen molar-refractivity contribution in [3.8, 4) is 11.5 Å². The second-order valence-corrected chi connectivity index (χ2v) is 6.35. The number of nitro benzene ring substituents is 1. The zero-order valence-corrected chi connectivity index (χ0v) is 14.2. The Balaban J connectivity index is 1.72. The summed E-state index contributed by atoms with van der Waals surface area (Å²) in [6, 6.07) is 20.5. The summed E-state index contributed by atoms with van der Waals surface area (Å²) in [5.41, 5.74) is 3.95. The highest BCUT2D eigenvalue weighted by molar-refractivity contribution is 5.65. The van der Waals surface area contributed by atoms with Crippen LogP contribution in [0.25, 0.3) is 11.5 Å². The lowest BCUT2D eigenvalue weighted by Crippen LogP contribution is -2.21. The summed E-state index contributed by atoms with van der Waals surface area (Å²) in [5.74, 6) is 0.941. The molecule has 0 saturated heterocycles. The summed E-state index contributed by atoms with van der Waals surface area (Å²) in [6.45, 7) is 0. The van der Waals surface area contributed by atoms with Gasteiger partial charge in [0.25, 0.3) is 5.69 Å². The first-order valence-corrected chi connectivity index (χ1v) is 8.54. The van der Waals surface area contributed by atoms with Gasteiger partial charge in [0.05, 0.1) is 34.2 Å². The van der Waals surface area contributed by atoms with Crippen LogP contribution in [0.5, 0.6) is 0 Å². The van der Waals surface area contributed by atoms with Gasteiger partial charge in [0, 0.05) is 24.4 Å². The van der Waals surface area contributed by atoms with E-state index < -0.39 is 0 Å². The number of nitrogens with zero attached hydrogens (tertiary/aromatic N) is 4. The number of nitrogens with one attached hydrogen (secondary N) is 1. The van der Waals surface area contributed by atoms with E-state index in [0.29, 0.717) is 0 Å². The van der Waals surface area contributed by atoms with E-state index >= 15 is 0 Å². The summed E-state index contributed by atoms with van der Waals surface area (Å²) >= 11 is 0. The summed E-state index contributed by atoms with van der Waals surface area (Å²) in [4.78, 5) is 10.6. The summed E-state index contributed by atoms with van der Waals surface area (Å²) in [5, 5.41) is 19.1. The van der Waals surface area contributed by atoms with E-state index in [1.54, 1.807) is 30.5 Å². The quantitative estimate of drug-likeness (QED) is 0.433. The van der Waals surface area contributed by atoms with E-state index in [9.17, 15) is 10.1 Å². The van der Waals surface area contributed by atoms with Crippen LogP contribution in [0.1, 0.15) is 17.3 Å². The summed E-state index contributed by atoms with van der Waals surface area (Å²) < 4.78 is 3.99. The first-order chi connectivity index (χ1) is 13.2. The molecule has 1 unspecified atom stereocenters. The second kappa shape index (κ2) is 5.84. The predicted octanol–water partition coefficient (Wildman–Crippen LogP) is 4.09. The number of aromatic nitrogens is 3. The third kappa shape index (κ3) is 2.40. The number of para-hydroxylation sites is 2. The Morgan fingerprint density at radius 3 is 2.63 bits per heavy atom. The van der Waals surface area contributed by atoms with Crippen molar-refractivity contribution in [1.82, 2.24) is 14.3 Å². The molecule has 0 radical (unpaired) electrons. The maximum atomic E-state index is 11.0. The molecule has 0 spiro atoms. The molecule has 1 N–H and O–H groups in total. The van der Waals surface area contributed by atoms with Crippen LogP contribution >= 0.6 is 0 Å². The lowest BCUT2D eigenvalue weighted by Gasteiger charge is -2.27. The number of non-ortho nitro benzene ring substituents is 1. The number of hydrogen-bond acceptors (Lipinski definition) is 4. The van der Waals surface area contributed by atoms with Crippen LogP contribution in [0, 0.1) is 10.1 Å². The van der Waals surface area contributed by atoms with Crippen molar-refractivity contribution in [2.24, 2.45) is 0 Å². The molecule has 3 heterocycles. The Labute approximate surface area is 154 Å². The Morgan fingerprint density at radius 1 is 1.00 bits per heavy atom. The first-order valence-electron chi connectivity index (χ1n) is 8.54. The largest absolute Gasteiger partial charge is 0.371 e. The van der Waals surface area contributed by atoms with Gasteiger partial charge in [-0.05, 0) is 42.0 Å². The highest BCUT2D eigenvalue weighted by Gasteiger charge is 2.25. The SMILES string of the molecule is O=[N+]([O-])c1ccc(C2Nc3ccccc3-n3nccc3-n3cccc32)cc1. The molecule has 5 rings (SSSR count). The van der Waals surface area contributed by atoms with Crippen molar-refractivity contribution in [1.29, 1.82) is 0 Å². The number of hydrogen-bond donors (Lipinski definition) is 1. The zero-order valence-electron chi connectivity index (χ0n) is 14.2. The molecule has 0 fully saturated rings. The van der Waals surface area contributed by atoms with Gasteiger partial charge in [0.15, 0.2) is 0 Å². The van der Waals surface area contributed by atoms with Gasteiger partial charge >= 0.3 is 0 Å². The lowest BCUT2D eigenvalue weighted by molar-refractivity contribution is -0.384. The molecule has 1 aliphatic heterocycles. The number of fused-ring (bicyclic) bond motifs is 5. The third-order valence-corrected chi connectivity index (χ3v) is 4.81. The van der Waals surface area contributed by atoms with Gasteiger partial charge in [-0.15, -0.1) is 0 Å². The fourth-order valence-corrected chi connectivity index (χ4v) is 3.55. The molecule has 27 heavy (non-hydrogen) atoms. The highest BCUT2D eigenvalue weighted by atomic mass is 16.6. The van der Waals surface area contributed by atoms with Crippen molar-refractivity contribution in [2.75, 3.05) is 5.32 Å². The van der Waals surface area contributed by atoms with Gasteiger partial charge < -0.3 is 9.88 Å². The van der Waals surface area contributed by atoms with E-state index in [1.807, 2.05) is 53.3 Å². The Morgan fingerprint density at radius 2 is 1.81 bits per heavy atom. The molecule has 0 amide bonds. The molecule has 2 aromatic carbocycles. The second-order valence-electron chi connectivity index (χ2n) is 6.35. The van der Waals surface area contributed by atoms with Crippen LogP contribution in [0.3, 0.4) is 0 Å². The minimum Gasteiger partial charge on any atom is -0.371 e. The van der Waals surface area contributed by atoms with Crippen LogP contribution in [0.15, 0.2) is 79.1 Å². The Hall–Kier alpha value is -3.87. The van der Waals surface area contributed by atoms with E-state index in [-0.39, 0.29) is 16.7 Å². The normalized spacial score (nSPS) is 14.9. The highest BCUT2D eigenvalue weighted by Crippen LogP contribution is 2.35. The van der Waals surface area contributed by atoms with Crippen LogP contribution in [0.4, 0.5) is 11.4 Å². The van der Waals surface area contributed by atoms with Crippen LogP contribution < -0.4 is 5.32 Å². The molecule has 1 aliphatic rings. The molecule has 132 valence electrons. The van der Waals surface area contributed by atoms with Crippen molar-refractivity contribution >= 4 is 11.4 Å². The smallest absolute Gasteiger partial charge is 0.269 e. The van der Waals surface area contributed by atoms with Gasteiger partial charge in [-0.25, -0.2) is 4.68 Å². The van der Waals surface area contributed by atoms with E-state index in [1.165, 1.54) is 0 Å². The van der Waals surface area contributed by atoms with E-state index in [2.05, 4.69) is 15.0 Å². The first kappa shape index (κ1) is 15.4. The van der Waals surface area contributed by atoms with Crippen molar-refractivity contribution in [3.05, 3.63) is 100 Å². The van der Waals surface area contributed by atoms with Gasteiger partial charge in [0.2, 0.25) is 0 Å². The topological polar surface area (TPSA) is 77.9 Å². The molecule has 2 aromatic heterocycles. The minimum atomic E-state index is -0.383. The van der Waals surface area contributed by atoms with Crippen molar-refractivity contribution < 1.29 is 4.92 Å². The molecule has 7 heteroatoms. The molecule has 7 nitrogen and oxygen atoms in total. The average molecular weight is 357 g/mol. The van der Waals surface area contributed by atoms with E-state index in [0.717, 1.165) is 28.5 Å². The molecular weight excluding hydrogens is 342 g/mol. The fraction of sp³-hybridized carbons (Fsp3) is 0.0500. The fourth-order valence-electron chi connectivity index (χ4n) is 3.55. The maximum absolute atomic E-state index is 11.0. The molecule has 0 aliphatic carbocycles. The molecule has 1 atom stereocenters. The molecule has 0 saturated carbocycles. The standard InChI is InChI=1S/C20H15N5O2/c26-25(27)15-9-7-14(8-10-15)20-18-6-3-13-23(18)19-11-12-21-24(19)17-5-2-1-4-16(17)22-20/h1-13,20,22H. The lowest BCUT2D eigenvalue weighted by atomic mass is 10.0. The monoisotopic (exact) mass is 357 g/mol. The third-order valence-electron chi connectivity index (χ3n) is 4.81. The Kier molecular flexibility index (Phi) is 3.33. The predicted molar refractivity (Wildman–Crippen MR) is 101 cm³/mol. The van der Waals surface area contributed by atoms with Gasteiger partial charge in [0.1, 0.15) is 5.82 Å².